The van der Waals surface area contributed by atoms with Crippen molar-refractivity contribution in [2.75, 3.05) is 19.6 Å². The zero-order valence-corrected chi connectivity index (χ0v) is 13.4. The third-order valence-corrected chi connectivity index (χ3v) is 3.88. The second-order valence-electron chi connectivity index (χ2n) is 4.66. The SMILES string of the molecule is Cc1nc(CN(CCN)CCc2ccccc2)cs1.Cl. The van der Waals surface area contributed by atoms with Crippen molar-refractivity contribution in [2.45, 2.75) is 19.9 Å². The van der Waals surface area contributed by atoms with Crippen LogP contribution in [0.4, 0.5) is 0 Å². The van der Waals surface area contributed by atoms with Crippen LogP contribution in [0.3, 0.4) is 0 Å². The lowest BCUT2D eigenvalue weighted by Gasteiger charge is -2.20. The predicted molar refractivity (Wildman–Crippen MR) is 88.6 cm³/mol. The summed E-state index contributed by atoms with van der Waals surface area (Å²) in [6.45, 7) is 5.58. The van der Waals surface area contributed by atoms with Gasteiger partial charge < -0.3 is 5.73 Å². The highest BCUT2D eigenvalue weighted by molar-refractivity contribution is 7.09. The van der Waals surface area contributed by atoms with Gasteiger partial charge in [-0.25, -0.2) is 4.98 Å². The van der Waals surface area contributed by atoms with Gasteiger partial charge in [0.1, 0.15) is 0 Å². The first-order valence-corrected chi connectivity index (χ1v) is 7.53. The lowest BCUT2D eigenvalue weighted by atomic mass is 10.1. The number of aromatic nitrogens is 1. The summed E-state index contributed by atoms with van der Waals surface area (Å²) in [5, 5.41) is 3.27. The Balaban J connectivity index is 0.00000200. The number of halogens is 1. The van der Waals surface area contributed by atoms with Gasteiger partial charge in [0.2, 0.25) is 0 Å². The lowest BCUT2D eigenvalue weighted by molar-refractivity contribution is 0.273. The zero-order chi connectivity index (χ0) is 13.5. The molecule has 1 aromatic carbocycles. The molecule has 5 heteroatoms. The molecule has 0 radical (unpaired) electrons. The van der Waals surface area contributed by atoms with Crippen molar-refractivity contribution < 1.29 is 0 Å². The molecule has 1 heterocycles. The van der Waals surface area contributed by atoms with E-state index in [0.29, 0.717) is 6.54 Å². The first kappa shape index (κ1) is 17.1. The number of aryl methyl sites for hydroxylation is 1. The lowest BCUT2D eigenvalue weighted by Crippen LogP contribution is -2.31. The smallest absolute Gasteiger partial charge is 0.0897 e. The summed E-state index contributed by atoms with van der Waals surface area (Å²) in [4.78, 5) is 6.90. The molecular formula is C15H22ClN3S. The van der Waals surface area contributed by atoms with Gasteiger partial charge in [-0.1, -0.05) is 30.3 Å². The van der Waals surface area contributed by atoms with Crippen molar-refractivity contribution in [3.63, 3.8) is 0 Å². The number of benzene rings is 1. The number of rotatable bonds is 7. The van der Waals surface area contributed by atoms with E-state index >= 15 is 0 Å². The molecule has 0 saturated heterocycles. The number of hydrogen-bond donors (Lipinski definition) is 1. The van der Waals surface area contributed by atoms with Gasteiger partial charge in [0, 0.05) is 31.6 Å². The van der Waals surface area contributed by atoms with E-state index in [9.17, 15) is 0 Å². The molecule has 0 bridgehead atoms. The molecule has 0 spiro atoms. The van der Waals surface area contributed by atoms with Crippen LogP contribution >= 0.6 is 23.7 Å². The van der Waals surface area contributed by atoms with Gasteiger partial charge in [-0.05, 0) is 18.9 Å². The fraction of sp³-hybridized carbons (Fsp3) is 0.400. The minimum absolute atomic E-state index is 0. The van der Waals surface area contributed by atoms with Gasteiger partial charge in [-0.3, -0.25) is 4.90 Å². The zero-order valence-electron chi connectivity index (χ0n) is 11.8. The summed E-state index contributed by atoms with van der Waals surface area (Å²) in [6.07, 6.45) is 1.06. The second-order valence-corrected chi connectivity index (χ2v) is 5.72. The highest BCUT2D eigenvalue weighted by Crippen LogP contribution is 2.11. The number of thiazole rings is 1. The Morgan fingerprint density at radius 3 is 2.55 bits per heavy atom. The monoisotopic (exact) mass is 311 g/mol. The molecule has 2 aromatic rings. The van der Waals surface area contributed by atoms with Crippen molar-refractivity contribution in [3.8, 4) is 0 Å². The molecular weight excluding hydrogens is 290 g/mol. The Labute approximate surface area is 131 Å². The van der Waals surface area contributed by atoms with Gasteiger partial charge in [-0.2, -0.15) is 0 Å². The molecule has 3 nitrogen and oxygen atoms in total. The summed E-state index contributed by atoms with van der Waals surface area (Å²) < 4.78 is 0. The largest absolute Gasteiger partial charge is 0.329 e. The molecule has 1 aromatic heterocycles. The van der Waals surface area contributed by atoms with Crippen LogP contribution in [-0.4, -0.2) is 29.5 Å². The summed E-state index contributed by atoms with van der Waals surface area (Å²) in [5.41, 5.74) is 8.23. The van der Waals surface area contributed by atoms with E-state index < -0.39 is 0 Å². The van der Waals surface area contributed by atoms with E-state index in [4.69, 9.17) is 5.73 Å². The third kappa shape index (κ3) is 5.59. The Hall–Kier alpha value is -0.940. The second kappa shape index (κ2) is 9.08. The minimum atomic E-state index is 0. The highest BCUT2D eigenvalue weighted by atomic mass is 35.5. The number of nitrogens with zero attached hydrogens (tertiary/aromatic N) is 2. The molecule has 20 heavy (non-hydrogen) atoms. The molecule has 0 amide bonds. The van der Waals surface area contributed by atoms with E-state index in [1.807, 2.05) is 6.92 Å². The Bertz CT molecular complexity index is 487. The number of hydrogen-bond acceptors (Lipinski definition) is 4. The van der Waals surface area contributed by atoms with E-state index in [2.05, 4.69) is 45.6 Å². The van der Waals surface area contributed by atoms with Crippen molar-refractivity contribution in [2.24, 2.45) is 5.73 Å². The van der Waals surface area contributed by atoms with Crippen LogP contribution in [0.2, 0.25) is 0 Å². The molecule has 0 saturated carbocycles. The first-order valence-electron chi connectivity index (χ1n) is 6.65. The Morgan fingerprint density at radius 1 is 1.20 bits per heavy atom. The molecule has 0 aliphatic carbocycles. The van der Waals surface area contributed by atoms with Crippen LogP contribution in [0.25, 0.3) is 0 Å². The predicted octanol–water partition coefficient (Wildman–Crippen LogP) is 2.88. The standard InChI is InChI=1S/C15H21N3S.ClH/c1-13-17-15(12-19-13)11-18(10-8-16)9-7-14-5-3-2-4-6-14;/h2-6,12H,7-11,16H2,1H3;1H. The van der Waals surface area contributed by atoms with Crippen LogP contribution in [0, 0.1) is 6.92 Å². The van der Waals surface area contributed by atoms with Crippen LogP contribution < -0.4 is 5.73 Å². The molecule has 0 aliphatic rings. The minimum Gasteiger partial charge on any atom is -0.329 e. The fourth-order valence-corrected chi connectivity index (χ4v) is 2.70. The van der Waals surface area contributed by atoms with E-state index in [0.717, 1.165) is 36.8 Å². The Kier molecular flexibility index (Phi) is 7.77. The third-order valence-electron chi connectivity index (χ3n) is 3.06. The van der Waals surface area contributed by atoms with E-state index in [1.54, 1.807) is 11.3 Å². The molecule has 0 unspecified atom stereocenters. The van der Waals surface area contributed by atoms with Gasteiger partial charge >= 0.3 is 0 Å². The number of nitrogens with two attached hydrogens (primary N) is 1. The van der Waals surface area contributed by atoms with Gasteiger partial charge in [0.15, 0.2) is 0 Å². The summed E-state index contributed by atoms with van der Waals surface area (Å²) in [5.74, 6) is 0. The molecule has 0 aliphatic heterocycles. The van der Waals surface area contributed by atoms with Crippen molar-refractivity contribution in [1.29, 1.82) is 0 Å². The Morgan fingerprint density at radius 2 is 1.95 bits per heavy atom. The first-order chi connectivity index (χ1) is 9.28. The van der Waals surface area contributed by atoms with Gasteiger partial charge in [-0.15, -0.1) is 23.7 Å². The normalized spacial score (nSPS) is 10.6. The van der Waals surface area contributed by atoms with E-state index in [-0.39, 0.29) is 12.4 Å². The van der Waals surface area contributed by atoms with Crippen LogP contribution in [0.15, 0.2) is 35.7 Å². The molecule has 110 valence electrons. The average molecular weight is 312 g/mol. The summed E-state index contributed by atoms with van der Waals surface area (Å²) >= 11 is 1.71. The molecule has 2 rings (SSSR count). The van der Waals surface area contributed by atoms with Crippen LogP contribution in [-0.2, 0) is 13.0 Å². The summed E-state index contributed by atoms with van der Waals surface area (Å²) in [7, 11) is 0. The molecule has 0 fully saturated rings. The maximum Gasteiger partial charge on any atom is 0.0897 e. The molecule has 2 N–H and O–H groups in total. The van der Waals surface area contributed by atoms with Crippen molar-refractivity contribution in [3.05, 3.63) is 52.0 Å². The van der Waals surface area contributed by atoms with Crippen molar-refractivity contribution >= 4 is 23.7 Å². The summed E-state index contributed by atoms with van der Waals surface area (Å²) in [6, 6.07) is 10.6. The van der Waals surface area contributed by atoms with Gasteiger partial charge in [0.05, 0.1) is 10.7 Å². The fourth-order valence-electron chi connectivity index (χ4n) is 2.09. The quantitative estimate of drug-likeness (QED) is 0.855. The van der Waals surface area contributed by atoms with Crippen LogP contribution in [0.5, 0.6) is 0 Å². The van der Waals surface area contributed by atoms with Crippen molar-refractivity contribution in [1.82, 2.24) is 9.88 Å². The highest BCUT2D eigenvalue weighted by Gasteiger charge is 2.07. The van der Waals surface area contributed by atoms with Crippen LogP contribution in [0.1, 0.15) is 16.3 Å². The topological polar surface area (TPSA) is 42.2 Å². The average Bonchev–Trinajstić information content (AvgIpc) is 2.83. The van der Waals surface area contributed by atoms with Gasteiger partial charge in [0.25, 0.3) is 0 Å². The van der Waals surface area contributed by atoms with E-state index in [1.165, 1.54) is 5.56 Å². The molecule has 0 atom stereocenters. The maximum atomic E-state index is 5.70. The maximum absolute atomic E-state index is 5.70.